The highest BCUT2D eigenvalue weighted by Gasteiger charge is 2.19. The molecule has 0 rings (SSSR count). The number of ether oxygens (including phenoxy) is 2. The van der Waals surface area contributed by atoms with Gasteiger partial charge in [-0.2, -0.15) is 0 Å². The van der Waals surface area contributed by atoms with Crippen LogP contribution in [0.25, 0.3) is 0 Å². The minimum absolute atomic E-state index is 0.234. The number of esters is 2. The molecule has 0 amide bonds. The molecule has 0 fully saturated rings. The quantitative estimate of drug-likeness (QED) is 0.517. The van der Waals surface area contributed by atoms with Crippen LogP contribution in [-0.4, -0.2) is 36.4 Å². The molecule has 0 aliphatic rings. The normalized spacial score (nSPS) is 13.7. The fourth-order valence-corrected chi connectivity index (χ4v) is 1.21. The highest BCUT2D eigenvalue weighted by Crippen LogP contribution is 2.11. The van der Waals surface area contributed by atoms with E-state index in [-0.39, 0.29) is 12.4 Å². The Morgan fingerprint density at radius 3 is 2.56 bits per heavy atom. The Labute approximate surface area is 95.0 Å². The van der Waals surface area contributed by atoms with Crippen molar-refractivity contribution in [1.29, 1.82) is 0 Å². The van der Waals surface area contributed by atoms with E-state index in [4.69, 9.17) is 4.74 Å². The van der Waals surface area contributed by atoms with Gasteiger partial charge in [0.1, 0.15) is 12.2 Å². The Morgan fingerprint density at radius 1 is 1.50 bits per heavy atom. The second-order valence-corrected chi connectivity index (χ2v) is 3.34. The zero-order chi connectivity index (χ0) is 12.6. The molecule has 5 nitrogen and oxygen atoms in total. The van der Waals surface area contributed by atoms with Crippen molar-refractivity contribution in [2.75, 3.05) is 7.11 Å². The summed E-state index contributed by atoms with van der Waals surface area (Å²) in [7, 11) is 1.31. The molecule has 0 radical (unpaired) electrons. The smallest absolute Gasteiger partial charge is 0.305 e. The molecule has 92 valence electrons. The largest absolute Gasteiger partial charge is 0.469 e. The fraction of sp³-hybridized carbons (Fsp3) is 0.636. The van der Waals surface area contributed by atoms with Crippen LogP contribution in [0, 0.1) is 0 Å². The standard InChI is InChI=1S/C11H18O5/c1-4-9(13)10(16-8(2)12)6-5-7-11(14)15-3/h4,9-10,13H,1,5-7H2,2-3H3/t9-,10+/m1/s1. The maximum Gasteiger partial charge on any atom is 0.305 e. The monoisotopic (exact) mass is 230 g/mol. The summed E-state index contributed by atoms with van der Waals surface area (Å²) in [6.45, 7) is 4.68. The van der Waals surface area contributed by atoms with Crippen molar-refractivity contribution in [3.05, 3.63) is 12.7 Å². The van der Waals surface area contributed by atoms with E-state index < -0.39 is 18.2 Å². The average molecular weight is 230 g/mol. The molecule has 0 aliphatic heterocycles. The Kier molecular flexibility index (Phi) is 7.20. The molecule has 0 aromatic carbocycles. The maximum atomic E-state index is 10.8. The second-order valence-electron chi connectivity index (χ2n) is 3.34. The van der Waals surface area contributed by atoms with Crippen LogP contribution in [0.3, 0.4) is 0 Å². The van der Waals surface area contributed by atoms with Crippen LogP contribution in [0.1, 0.15) is 26.2 Å². The van der Waals surface area contributed by atoms with Crippen LogP contribution >= 0.6 is 0 Å². The summed E-state index contributed by atoms with van der Waals surface area (Å²) in [5, 5.41) is 9.48. The van der Waals surface area contributed by atoms with Gasteiger partial charge in [0.25, 0.3) is 0 Å². The number of hydrogen-bond acceptors (Lipinski definition) is 5. The fourth-order valence-electron chi connectivity index (χ4n) is 1.21. The van der Waals surface area contributed by atoms with Crippen molar-refractivity contribution in [3.8, 4) is 0 Å². The molecule has 2 atom stereocenters. The van der Waals surface area contributed by atoms with E-state index in [1.807, 2.05) is 0 Å². The molecule has 16 heavy (non-hydrogen) atoms. The molecule has 0 unspecified atom stereocenters. The topological polar surface area (TPSA) is 72.8 Å². The van der Waals surface area contributed by atoms with Gasteiger partial charge < -0.3 is 14.6 Å². The van der Waals surface area contributed by atoms with Crippen LogP contribution in [-0.2, 0) is 19.1 Å². The summed E-state index contributed by atoms with van der Waals surface area (Å²) in [4.78, 5) is 21.6. The predicted octanol–water partition coefficient (Wildman–Crippen LogP) is 0.808. The van der Waals surface area contributed by atoms with Gasteiger partial charge in [-0.25, -0.2) is 0 Å². The van der Waals surface area contributed by atoms with Crippen LogP contribution < -0.4 is 0 Å². The van der Waals surface area contributed by atoms with E-state index in [0.29, 0.717) is 12.8 Å². The van der Waals surface area contributed by atoms with Gasteiger partial charge in [0.05, 0.1) is 7.11 Å². The third-order valence-electron chi connectivity index (χ3n) is 2.04. The first-order valence-corrected chi connectivity index (χ1v) is 5.06. The lowest BCUT2D eigenvalue weighted by molar-refractivity contribution is -0.151. The van der Waals surface area contributed by atoms with Gasteiger partial charge in [-0.15, -0.1) is 6.58 Å². The molecule has 0 aliphatic carbocycles. The Balaban J connectivity index is 4.06. The molecule has 5 heteroatoms. The van der Waals surface area contributed by atoms with Crippen molar-refractivity contribution in [1.82, 2.24) is 0 Å². The summed E-state index contributed by atoms with van der Waals surface area (Å²) >= 11 is 0. The molecule has 0 spiro atoms. The number of methoxy groups -OCH3 is 1. The summed E-state index contributed by atoms with van der Waals surface area (Å²) in [6.07, 6.45) is 0.836. The number of rotatable bonds is 7. The lowest BCUT2D eigenvalue weighted by Crippen LogP contribution is -2.29. The van der Waals surface area contributed by atoms with Gasteiger partial charge in [-0.3, -0.25) is 9.59 Å². The first-order chi connectivity index (χ1) is 7.51. The third kappa shape index (κ3) is 6.19. The number of carbonyl (C=O) groups excluding carboxylic acids is 2. The van der Waals surface area contributed by atoms with Gasteiger partial charge in [0.15, 0.2) is 0 Å². The van der Waals surface area contributed by atoms with E-state index in [0.717, 1.165) is 0 Å². The minimum atomic E-state index is -0.915. The van der Waals surface area contributed by atoms with Crippen molar-refractivity contribution < 1.29 is 24.2 Å². The molecule has 0 aromatic rings. The molecule has 0 saturated carbocycles. The molecule has 0 saturated heterocycles. The first kappa shape index (κ1) is 14.6. The Hall–Kier alpha value is -1.36. The number of carbonyl (C=O) groups is 2. The lowest BCUT2D eigenvalue weighted by atomic mass is 10.1. The Bertz CT molecular complexity index is 249. The van der Waals surface area contributed by atoms with Crippen LogP contribution in [0.4, 0.5) is 0 Å². The highest BCUT2D eigenvalue weighted by atomic mass is 16.6. The van der Waals surface area contributed by atoms with Gasteiger partial charge in [-0.1, -0.05) is 6.08 Å². The molecular formula is C11H18O5. The highest BCUT2D eigenvalue weighted by molar-refractivity contribution is 5.69. The summed E-state index contributed by atoms with van der Waals surface area (Å²) in [6, 6.07) is 0. The predicted molar refractivity (Wildman–Crippen MR) is 57.6 cm³/mol. The maximum absolute atomic E-state index is 10.8. The molecular weight excluding hydrogens is 212 g/mol. The van der Waals surface area contributed by atoms with Crippen molar-refractivity contribution in [2.24, 2.45) is 0 Å². The zero-order valence-electron chi connectivity index (χ0n) is 9.64. The summed E-state index contributed by atoms with van der Waals surface area (Å²) < 4.78 is 9.38. The van der Waals surface area contributed by atoms with Crippen molar-refractivity contribution in [3.63, 3.8) is 0 Å². The zero-order valence-corrected chi connectivity index (χ0v) is 9.64. The van der Waals surface area contributed by atoms with E-state index >= 15 is 0 Å². The van der Waals surface area contributed by atoms with Crippen LogP contribution in [0.2, 0.25) is 0 Å². The SMILES string of the molecule is C=C[C@@H](O)[C@H](CCCC(=O)OC)OC(C)=O. The van der Waals surface area contributed by atoms with Crippen LogP contribution in [0.15, 0.2) is 12.7 Å². The van der Waals surface area contributed by atoms with Gasteiger partial charge in [-0.05, 0) is 12.8 Å². The molecule has 0 bridgehead atoms. The average Bonchev–Trinajstić information content (AvgIpc) is 2.25. The minimum Gasteiger partial charge on any atom is -0.469 e. The van der Waals surface area contributed by atoms with E-state index in [1.54, 1.807) is 0 Å². The lowest BCUT2D eigenvalue weighted by Gasteiger charge is -2.19. The molecule has 0 heterocycles. The second kappa shape index (κ2) is 7.87. The van der Waals surface area contributed by atoms with E-state index in [2.05, 4.69) is 11.3 Å². The molecule has 1 N–H and O–H groups in total. The van der Waals surface area contributed by atoms with Crippen molar-refractivity contribution >= 4 is 11.9 Å². The van der Waals surface area contributed by atoms with E-state index in [9.17, 15) is 14.7 Å². The third-order valence-corrected chi connectivity index (χ3v) is 2.04. The van der Waals surface area contributed by atoms with E-state index in [1.165, 1.54) is 20.1 Å². The number of hydrogen-bond donors (Lipinski definition) is 1. The van der Waals surface area contributed by atoms with Gasteiger partial charge in [0, 0.05) is 13.3 Å². The van der Waals surface area contributed by atoms with Gasteiger partial charge >= 0.3 is 11.9 Å². The Morgan fingerprint density at radius 2 is 2.12 bits per heavy atom. The van der Waals surface area contributed by atoms with Crippen LogP contribution in [0.5, 0.6) is 0 Å². The summed E-state index contributed by atoms with van der Waals surface area (Å²) in [5.74, 6) is -0.793. The molecule has 0 aromatic heterocycles. The first-order valence-electron chi connectivity index (χ1n) is 5.06. The van der Waals surface area contributed by atoms with Crippen molar-refractivity contribution in [2.45, 2.75) is 38.4 Å². The number of aliphatic hydroxyl groups is 1. The van der Waals surface area contributed by atoms with Gasteiger partial charge in [0.2, 0.25) is 0 Å². The number of aliphatic hydroxyl groups excluding tert-OH is 1. The summed E-state index contributed by atoms with van der Waals surface area (Å²) in [5.41, 5.74) is 0.